The first kappa shape index (κ1) is 9.39. The van der Waals surface area contributed by atoms with Gasteiger partial charge in [-0.05, 0) is 18.6 Å². The van der Waals surface area contributed by atoms with Crippen molar-refractivity contribution in [2.24, 2.45) is 0 Å². The molecule has 1 aromatic carbocycles. The highest BCUT2D eigenvalue weighted by molar-refractivity contribution is 7.80. The number of thiol groups is 1. The minimum Gasteiger partial charge on any atom is -0.493 e. The van der Waals surface area contributed by atoms with E-state index < -0.39 is 0 Å². The maximum Gasteiger partial charge on any atom is 0.128 e. The lowest BCUT2D eigenvalue weighted by molar-refractivity contribution is 0.315. The molecule has 0 saturated carbocycles. The summed E-state index contributed by atoms with van der Waals surface area (Å²) in [5, 5.41) is 0. The molecule has 1 aromatic rings. The first-order chi connectivity index (χ1) is 5.72. The summed E-state index contributed by atoms with van der Waals surface area (Å²) < 4.78 is 18.0. The third-order valence-corrected chi connectivity index (χ3v) is 1.59. The van der Waals surface area contributed by atoms with Crippen LogP contribution in [0.4, 0.5) is 4.39 Å². The van der Waals surface area contributed by atoms with Gasteiger partial charge in [-0.15, -0.1) is 12.6 Å². The largest absolute Gasteiger partial charge is 0.493 e. The number of rotatable bonds is 3. The molecular formula is C9H11FOS. The fraction of sp³-hybridized carbons (Fsp3) is 0.333. The van der Waals surface area contributed by atoms with Crippen LogP contribution in [0.3, 0.4) is 0 Å². The number of hydrogen-bond acceptors (Lipinski definition) is 2. The molecule has 0 aliphatic carbocycles. The van der Waals surface area contributed by atoms with Gasteiger partial charge in [-0.25, -0.2) is 4.39 Å². The average molecular weight is 186 g/mol. The van der Waals surface area contributed by atoms with Gasteiger partial charge in [-0.2, -0.15) is 0 Å². The monoisotopic (exact) mass is 186 g/mol. The van der Waals surface area contributed by atoms with Gasteiger partial charge in [0.2, 0.25) is 0 Å². The molecule has 0 heterocycles. The Morgan fingerprint density at radius 2 is 2.17 bits per heavy atom. The van der Waals surface area contributed by atoms with E-state index in [9.17, 15) is 4.39 Å². The van der Waals surface area contributed by atoms with Crippen LogP contribution < -0.4 is 4.74 Å². The molecule has 0 N–H and O–H groups in total. The molecule has 1 rings (SSSR count). The van der Waals surface area contributed by atoms with E-state index >= 15 is 0 Å². The summed E-state index contributed by atoms with van der Waals surface area (Å²) in [6, 6.07) is 4.40. The van der Waals surface area contributed by atoms with E-state index in [0.29, 0.717) is 17.3 Å². The molecular weight excluding hydrogens is 175 g/mol. The third kappa shape index (κ3) is 2.74. The van der Waals surface area contributed by atoms with E-state index in [2.05, 4.69) is 12.6 Å². The molecule has 0 radical (unpaired) electrons. The van der Waals surface area contributed by atoms with E-state index in [1.165, 1.54) is 12.1 Å². The first-order valence-electron chi connectivity index (χ1n) is 3.84. The van der Waals surface area contributed by atoms with Gasteiger partial charge < -0.3 is 4.74 Å². The zero-order valence-electron chi connectivity index (χ0n) is 6.88. The summed E-state index contributed by atoms with van der Waals surface area (Å²) >= 11 is 4.03. The second-order valence-corrected chi connectivity index (χ2v) is 3.01. The summed E-state index contributed by atoms with van der Waals surface area (Å²) in [5.74, 6) is 0.232. The number of hydrogen-bond donors (Lipinski definition) is 1. The number of halogens is 1. The van der Waals surface area contributed by atoms with Crippen LogP contribution in [0.25, 0.3) is 0 Å². The Morgan fingerprint density at radius 3 is 2.75 bits per heavy atom. The summed E-state index contributed by atoms with van der Waals surface area (Å²) in [6.07, 6.45) is 0.915. The Hall–Kier alpha value is -0.700. The van der Waals surface area contributed by atoms with Crippen LogP contribution in [0.1, 0.15) is 13.3 Å². The van der Waals surface area contributed by atoms with Crippen molar-refractivity contribution in [3.05, 3.63) is 24.0 Å². The summed E-state index contributed by atoms with van der Waals surface area (Å²) in [5.41, 5.74) is 0. The van der Waals surface area contributed by atoms with Gasteiger partial charge in [-0.1, -0.05) is 6.92 Å². The Balaban J connectivity index is 2.72. The standard InChI is InChI=1S/C9H11FOS/c1-2-3-11-8-4-7(10)5-9(12)6-8/h4-6,12H,2-3H2,1H3. The van der Waals surface area contributed by atoms with Gasteiger partial charge in [0.1, 0.15) is 11.6 Å². The molecule has 0 bridgehead atoms. The van der Waals surface area contributed by atoms with Crippen LogP contribution >= 0.6 is 12.6 Å². The quantitative estimate of drug-likeness (QED) is 0.714. The van der Waals surface area contributed by atoms with Gasteiger partial charge >= 0.3 is 0 Å². The fourth-order valence-corrected chi connectivity index (χ4v) is 1.10. The molecule has 0 atom stereocenters. The minimum atomic E-state index is -0.311. The predicted molar refractivity (Wildman–Crippen MR) is 49.4 cm³/mol. The van der Waals surface area contributed by atoms with Crippen molar-refractivity contribution in [2.45, 2.75) is 18.2 Å². The van der Waals surface area contributed by atoms with Gasteiger partial charge in [-0.3, -0.25) is 0 Å². The van der Waals surface area contributed by atoms with Crippen molar-refractivity contribution in [3.8, 4) is 5.75 Å². The predicted octanol–water partition coefficient (Wildman–Crippen LogP) is 2.90. The van der Waals surface area contributed by atoms with Gasteiger partial charge in [0.25, 0.3) is 0 Å². The highest BCUT2D eigenvalue weighted by Gasteiger charge is 1.97. The van der Waals surface area contributed by atoms with Crippen molar-refractivity contribution < 1.29 is 9.13 Å². The first-order valence-corrected chi connectivity index (χ1v) is 4.29. The van der Waals surface area contributed by atoms with E-state index in [0.717, 1.165) is 6.42 Å². The van der Waals surface area contributed by atoms with E-state index in [1.807, 2.05) is 6.92 Å². The van der Waals surface area contributed by atoms with Crippen molar-refractivity contribution in [3.63, 3.8) is 0 Å². The summed E-state index contributed by atoms with van der Waals surface area (Å²) in [7, 11) is 0. The number of benzene rings is 1. The Bertz CT molecular complexity index is 242. The van der Waals surface area contributed by atoms with Crippen molar-refractivity contribution in [1.29, 1.82) is 0 Å². The van der Waals surface area contributed by atoms with Crippen LogP contribution in [0.5, 0.6) is 5.75 Å². The lowest BCUT2D eigenvalue weighted by atomic mass is 10.3. The lowest BCUT2D eigenvalue weighted by Crippen LogP contribution is -1.95. The lowest BCUT2D eigenvalue weighted by Gasteiger charge is -2.04. The van der Waals surface area contributed by atoms with Gasteiger partial charge in [0, 0.05) is 11.0 Å². The number of ether oxygens (including phenoxy) is 1. The highest BCUT2D eigenvalue weighted by atomic mass is 32.1. The second kappa shape index (κ2) is 4.36. The van der Waals surface area contributed by atoms with Crippen LogP contribution in [-0.4, -0.2) is 6.61 Å². The van der Waals surface area contributed by atoms with E-state index in [4.69, 9.17) is 4.74 Å². The van der Waals surface area contributed by atoms with Crippen molar-refractivity contribution in [1.82, 2.24) is 0 Å². The molecule has 0 aromatic heterocycles. The molecule has 0 saturated heterocycles. The van der Waals surface area contributed by atoms with Gasteiger partial charge in [0.15, 0.2) is 0 Å². The zero-order valence-corrected chi connectivity index (χ0v) is 7.77. The Kier molecular flexibility index (Phi) is 3.41. The van der Waals surface area contributed by atoms with Gasteiger partial charge in [0.05, 0.1) is 6.61 Å². The molecule has 12 heavy (non-hydrogen) atoms. The molecule has 0 fully saturated rings. The molecule has 0 unspecified atom stereocenters. The fourth-order valence-electron chi connectivity index (χ4n) is 0.851. The maximum absolute atomic E-state index is 12.7. The molecule has 0 amide bonds. The molecule has 0 spiro atoms. The van der Waals surface area contributed by atoms with Crippen molar-refractivity contribution in [2.75, 3.05) is 6.61 Å². The molecule has 3 heteroatoms. The molecule has 0 aliphatic heterocycles. The topological polar surface area (TPSA) is 9.23 Å². The SMILES string of the molecule is CCCOc1cc(F)cc(S)c1. The normalized spacial score (nSPS) is 9.92. The van der Waals surface area contributed by atoms with Crippen LogP contribution in [0.15, 0.2) is 23.1 Å². The highest BCUT2D eigenvalue weighted by Crippen LogP contribution is 2.18. The Morgan fingerprint density at radius 1 is 1.42 bits per heavy atom. The molecule has 66 valence electrons. The van der Waals surface area contributed by atoms with Crippen LogP contribution in [0.2, 0.25) is 0 Å². The summed E-state index contributed by atoms with van der Waals surface area (Å²) in [6.45, 7) is 2.61. The molecule has 0 aliphatic rings. The van der Waals surface area contributed by atoms with E-state index in [-0.39, 0.29) is 5.82 Å². The third-order valence-electron chi connectivity index (χ3n) is 1.33. The minimum absolute atomic E-state index is 0.311. The second-order valence-electron chi connectivity index (χ2n) is 2.49. The van der Waals surface area contributed by atoms with Crippen LogP contribution in [-0.2, 0) is 0 Å². The Labute approximate surface area is 77.0 Å². The average Bonchev–Trinajstić information content (AvgIpc) is 1.99. The van der Waals surface area contributed by atoms with Crippen molar-refractivity contribution >= 4 is 12.6 Å². The summed E-state index contributed by atoms with van der Waals surface area (Å²) in [4.78, 5) is 0.584. The maximum atomic E-state index is 12.7. The smallest absolute Gasteiger partial charge is 0.128 e. The molecule has 1 nitrogen and oxygen atoms in total. The van der Waals surface area contributed by atoms with Crippen LogP contribution in [0, 0.1) is 5.82 Å². The van der Waals surface area contributed by atoms with E-state index in [1.54, 1.807) is 6.07 Å². The zero-order chi connectivity index (χ0) is 8.97.